The molecule has 2 aromatic carbocycles. The van der Waals surface area contributed by atoms with Crippen molar-refractivity contribution in [2.45, 2.75) is 26.3 Å². The third kappa shape index (κ3) is 4.48. The number of rotatable bonds is 7. The van der Waals surface area contributed by atoms with Crippen LogP contribution in [0.15, 0.2) is 48.5 Å². The van der Waals surface area contributed by atoms with Gasteiger partial charge in [-0.2, -0.15) is 0 Å². The van der Waals surface area contributed by atoms with Crippen LogP contribution in [0.3, 0.4) is 0 Å². The van der Waals surface area contributed by atoms with Crippen LogP contribution in [0, 0.1) is 6.92 Å². The first-order chi connectivity index (χ1) is 12.5. The molecule has 0 aliphatic heterocycles. The van der Waals surface area contributed by atoms with Gasteiger partial charge >= 0.3 is 0 Å². The molecule has 0 saturated carbocycles. The summed E-state index contributed by atoms with van der Waals surface area (Å²) in [6.45, 7) is 5.22. The van der Waals surface area contributed by atoms with E-state index in [4.69, 9.17) is 4.98 Å². The molecule has 0 aliphatic rings. The van der Waals surface area contributed by atoms with E-state index in [0.29, 0.717) is 13.1 Å². The second kappa shape index (κ2) is 8.43. The van der Waals surface area contributed by atoms with Crippen LogP contribution in [0.25, 0.3) is 10.2 Å². The van der Waals surface area contributed by atoms with E-state index in [0.717, 1.165) is 16.9 Å². The molecule has 0 saturated heterocycles. The molecular formula is C21H25N3OS. The van der Waals surface area contributed by atoms with E-state index >= 15 is 0 Å². The Morgan fingerprint density at radius 1 is 1.19 bits per heavy atom. The molecule has 1 atom stereocenters. The summed E-state index contributed by atoms with van der Waals surface area (Å²) in [5.74, 6) is 0.0500. The van der Waals surface area contributed by atoms with Crippen molar-refractivity contribution in [1.29, 1.82) is 0 Å². The summed E-state index contributed by atoms with van der Waals surface area (Å²) in [5, 5.41) is 4.07. The van der Waals surface area contributed by atoms with E-state index in [1.807, 2.05) is 42.3 Å². The number of nitrogens with one attached hydrogen (secondary N) is 1. The van der Waals surface area contributed by atoms with Gasteiger partial charge in [0.15, 0.2) is 0 Å². The lowest BCUT2D eigenvalue weighted by Crippen LogP contribution is -2.37. The maximum absolute atomic E-state index is 12.3. The molecule has 0 unspecified atom stereocenters. The number of para-hydroxylation sites is 1. The summed E-state index contributed by atoms with van der Waals surface area (Å²) in [6.07, 6.45) is 0.857. The van der Waals surface area contributed by atoms with Gasteiger partial charge in [0, 0.05) is 6.54 Å². The number of benzene rings is 2. The van der Waals surface area contributed by atoms with Crippen molar-refractivity contribution in [3.63, 3.8) is 0 Å². The molecule has 1 amide bonds. The maximum atomic E-state index is 12.3. The smallest absolute Gasteiger partial charge is 0.234 e. The third-order valence-electron chi connectivity index (χ3n) is 4.70. The zero-order valence-corrected chi connectivity index (χ0v) is 16.3. The lowest BCUT2D eigenvalue weighted by atomic mass is 10.1. The predicted molar refractivity (Wildman–Crippen MR) is 109 cm³/mol. The van der Waals surface area contributed by atoms with Gasteiger partial charge in [0.25, 0.3) is 0 Å². The molecule has 136 valence electrons. The largest absolute Gasteiger partial charge is 0.355 e. The van der Waals surface area contributed by atoms with E-state index in [-0.39, 0.29) is 11.9 Å². The van der Waals surface area contributed by atoms with Crippen LogP contribution in [-0.2, 0) is 11.2 Å². The molecule has 0 fully saturated rings. The molecular weight excluding hydrogens is 342 g/mol. The van der Waals surface area contributed by atoms with Crippen LogP contribution in [-0.4, -0.2) is 35.9 Å². The fraction of sp³-hybridized carbons (Fsp3) is 0.333. The van der Waals surface area contributed by atoms with Gasteiger partial charge in [0.05, 0.1) is 22.8 Å². The Morgan fingerprint density at radius 3 is 2.69 bits per heavy atom. The summed E-state index contributed by atoms with van der Waals surface area (Å²) < 4.78 is 1.19. The average molecular weight is 368 g/mol. The van der Waals surface area contributed by atoms with Crippen LogP contribution in [0.4, 0.5) is 0 Å². The number of thiazole rings is 1. The number of carbonyl (C=O) groups excluding carboxylic acids is 1. The Hall–Kier alpha value is -2.24. The Balaban J connectivity index is 1.51. The van der Waals surface area contributed by atoms with Crippen molar-refractivity contribution in [2.75, 3.05) is 20.1 Å². The third-order valence-corrected chi connectivity index (χ3v) is 5.91. The molecule has 1 N–H and O–H groups in total. The molecule has 3 aromatic rings. The van der Waals surface area contributed by atoms with Crippen LogP contribution in [0.2, 0.25) is 0 Å². The number of carbonyl (C=O) groups is 1. The highest BCUT2D eigenvalue weighted by Gasteiger charge is 2.18. The van der Waals surface area contributed by atoms with Gasteiger partial charge in [-0.05, 0) is 50.6 Å². The molecule has 26 heavy (non-hydrogen) atoms. The van der Waals surface area contributed by atoms with Crippen molar-refractivity contribution in [3.05, 3.63) is 64.7 Å². The Labute approximate surface area is 158 Å². The standard InChI is InChI=1S/C21H25N3OS/c1-15-8-4-5-9-17(15)12-13-22-20(25)14-24(3)16(2)21-23-18-10-6-7-11-19(18)26-21/h4-11,16H,12-14H2,1-3H3,(H,22,25)/t16-/m0/s1. The highest BCUT2D eigenvalue weighted by Crippen LogP contribution is 2.28. The van der Waals surface area contributed by atoms with E-state index < -0.39 is 0 Å². The monoisotopic (exact) mass is 367 g/mol. The van der Waals surface area contributed by atoms with Crippen molar-refractivity contribution < 1.29 is 4.79 Å². The van der Waals surface area contributed by atoms with Gasteiger partial charge in [-0.25, -0.2) is 4.98 Å². The number of nitrogens with zero attached hydrogens (tertiary/aromatic N) is 2. The lowest BCUT2D eigenvalue weighted by molar-refractivity contribution is -0.122. The first kappa shape index (κ1) is 18.5. The SMILES string of the molecule is Cc1ccccc1CCNC(=O)CN(C)[C@@H](C)c1nc2ccccc2s1. The second-order valence-corrected chi connectivity index (χ2v) is 7.70. The van der Waals surface area contributed by atoms with Crippen molar-refractivity contribution >= 4 is 27.5 Å². The summed E-state index contributed by atoms with van der Waals surface area (Å²) >= 11 is 1.69. The normalized spacial score (nSPS) is 12.5. The Morgan fingerprint density at radius 2 is 1.92 bits per heavy atom. The minimum absolute atomic E-state index is 0.0500. The Bertz CT molecular complexity index is 857. The number of hydrogen-bond acceptors (Lipinski definition) is 4. The maximum Gasteiger partial charge on any atom is 0.234 e. The average Bonchev–Trinajstić information content (AvgIpc) is 3.06. The van der Waals surface area contributed by atoms with E-state index in [1.54, 1.807) is 11.3 Å². The first-order valence-electron chi connectivity index (χ1n) is 8.91. The van der Waals surface area contributed by atoms with Gasteiger partial charge in [-0.3, -0.25) is 9.69 Å². The minimum Gasteiger partial charge on any atom is -0.355 e. The van der Waals surface area contributed by atoms with Crippen LogP contribution in [0.1, 0.15) is 29.1 Å². The molecule has 1 heterocycles. The highest BCUT2D eigenvalue weighted by atomic mass is 32.1. The van der Waals surface area contributed by atoms with Crippen LogP contribution >= 0.6 is 11.3 Å². The van der Waals surface area contributed by atoms with E-state index in [2.05, 4.69) is 37.4 Å². The van der Waals surface area contributed by atoms with Crippen molar-refractivity contribution in [1.82, 2.24) is 15.2 Å². The number of amides is 1. The van der Waals surface area contributed by atoms with Gasteiger partial charge < -0.3 is 5.32 Å². The van der Waals surface area contributed by atoms with E-state index in [9.17, 15) is 4.79 Å². The zero-order chi connectivity index (χ0) is 18.5. The van der Waals surface area contributed by atoms with Gasteiger partial charge in [0.1, 0.15) is 5.01 Å². The van der Waals surface area contributed by atoms with Crippen LogP contribution < -0.4 is 5.32 Å². The summed E-state index contributed by atoms with van der Waals surface area (Å²) in [4.78, 5) is 19.0. The minimum atomic E-state index is 0.0500. The summed E-state index contributed by atoms with van der Waals surface area (Å²) in [7, 11) is 1.97. The summed E-state index contributed by atoms with van der Waals surface area (Å²) in [6, 6.07) is 16.5. The Kier molecular flexibility index (Phi) is 6.01. The van der Waals surface area contributed by atoms with Gasteiger partial charge in [-0.1, -0.05) is 36.4 Å². The van der Waals surface area contributed by atoms with E-state index in [1.165, 1.54) is 15.8 Å². The zero-order valence-electron chi connectivity index (χ0n) is 15.5. The van der Waals surface area contributed by atoms with Crippen molar-refractivity contribution in [2.24, 2.45) is 0 Å². The molecule has 0 radical (unpaired) electrons. The quantitative estimate of drug-likeness (QED) is 0.688. The van der Waals surface area contributed by atoms with Gasteiger partial charge in [-0.15, -0.1) is 11.3 Å². The predicted octanol–water partition coefficient (Wildman–Crippen LogP) is 3.96. The lowest BCUT2D eigenvalue weighted by Gasteiger charge is -2.22. The second-order valence-electron chi connectivity index (χ2n) is 6.64. The summed E-state index contributed by atoms with van der Waals surface area (Å²) in [5.41, 5.74) is 3.57. The first-order valence-corrected chi connectivity index (χ1v) is 9.73. The topological polar surface area (TPSA) is 45.2 Å². The van der Waals surface area contributed by atoms with Crippen LogP contribution in [0.5, 0.6) is 0 Å². The number of aryl methyl sites for hydroxylation is 1. The number of likely N-dealkylation sites (N-methyl/N-ethyl adjacent to an activating group) is 1. The molecule has 3 rings (SSSR count). The van der Waals surface area contributed by atoms with Crippen molar-refractivity contribution in [3.8, 4) is 0 Å². The fourth-order valence-electron chi connectivity index (χ4n) is 2.90. The number of fused-ring (bicyclic) bond motifs is 1. The molecule has 4 nitrogen and oxygen atoms in total. The highest BCUT2D eigenvalue weighted by molar-refractivity contribution is 7.18. The molecule has 5 heteroatoms. The molecule has 0 bridgehead atoms. The molecule has 0 aliphatic carbocycles. The fourth-order valence-corrected chi connectivity index (χ4v) is 3.99. The van der Waals surface area contributed by atoms with Gasteiger partial charge in [0.2, 0.25) is 5.91 Å². The molecule has 1 aromatic heterocycles. The number of hydrogen-bond donors (Lipinski definition) is 1. The molecule has 0 spiro atoms. The number of aromatic nitrogens is 1.